The average Bonchev–Trinajstić information content (AvgIpc) is 2.82. The second-order valence-electron chi connectivity index (χ2n) is 4.63. The SMILES string of the molecule is NC(=O)c1ccc(Br)cc1NCCC1CCNC1. The highest BCUT2D eigenvalue weighted by Crippen LogP contribution is 2.22. The van der Waals surface area contributed by atoms with E-state index in [4.69, 9.17) is 5.73 Å². The zero-order chi connectivity index (χ0) is 13.0. The van der Waals surface area contributed by atoms with E-state index in [1.807, 2.05) is 12.1 Å². The number of hydrogen-bond donors (Lipinski definition) is 3. The molecule has 4 nitrogen and oxygen atoms in total. The molecule has 1 unspecified atom stereocenters. The lowest BCUT2D eigenvalue weighted by Crippen LogP contribution is -2.16. The largest absolute Gasteiger partial charge is 0.384 e. The van der Waals surface area contributed by atoms with Gasteiger partial charge in [-0.15, -0.1) is 0 Å². The van der Waals surface area contributed by atoms with E-state index in [0.29, 0.717) is 5.56 Å². The summed E-state index contributed by atoms with van der Waals surface area (Å²) in [7, 11) is 0. The number of primary amides is 1. The van der Waals surface area contributed by atoms with Crippen LogP contribution in [0.5, 0.6) is 0 Å². The molecule has 1 heterocycles. The van der Waals surface area contributed by atoms with E-state index in [-0.39, 0.29) is 0 Å². The molecule has 0 spiro atoms. The summed E-state index contributed by atoms with van der Waals surface area (Å²) in [4.78, 5) is 11.3. The predicted molar refractivity (Wildman–Crippen MR) is 76.7 cm³/mol. The second kappa shape index (κ2) is 6.20. The minimum absolute atomic E-state index is 0.396. The molecule has 1 aromatic rings. The first-order chi connectivity index (χ1) is 8.66. The van der Waals surface area contributed by atoms with Crippen molar-refractivity contribution in [2.24, 2.45) is 11.7 Å². The normalized spacial score (nSPS) is 18.8. The molecule has 0 radical (unpaired) electrons. The first-order valence-corrected chi connectivity index (χ1v) is 7.00. The van der Waals surface area contributed by atoms with Gasteiger partial charge in [-0.3, -0.25) is 4.79 Å². The summed E-state index contributed by atoms with van der Waals surface area (Å²) in [5.41, 5.74) is 6.71. The topological polar surface area (TPSA) is 67.2 Å². The Bertz CT molecular complexity index is 430. The summed E-state index contributed by atoms with van der Waals surface area (Å²) >= 11 is 3.40. The zero-order valence-corrected chi connectivity index (χ0v) is 11.8. The Balaban J connectivity index is 1.94. The van der Waals surface area contributed by atoms with Crippen molar-refractivity contribution in [2.45, 2.75) is 12.8 Å². The van der Waals surface area contributed by atoms with Crippen molar-refractivity contribution in [1.29, 1.82) is 0 Å². The third-order valence-electron chi connectivity index (χ3n) is 3.28. The van der Waals surface area contributed by atoms with Crippen LogP contribution in [-0.2, 0) is 0 Å². The van der Waals surface area contributed by atoms with Gasteiger partial charge in [-0.1, -0.05) is 15.9 Å². The number of rotatable bonds is 5. The molecule has 2 rings (SSSR count). The molecule has 1 aliphatic heterocycles. The van der Waals surface area contributed by atoms with Crippen LogP contribution in [0.25, 0.3) is 0 Å². The summed E-state index contributed by atoms with van der Waals surface area (Å²) in [5, 5.41) is 6.65. The van der Waals surface area contributed by atoms with Gasteiger partial charge in [0, 0.05) is 16.7 Å². The van der Waals surface area contributed by atoms with E-state index in [1.165, 1.54) is 6.42 Å². The van der Waals surface area contributed by atoms with Gasteiger partial charge in [0.25, 0.3) is 5.91 Å². The van der Waals surface area contributed by atoms with Gasteiger partial charge in [-0.05, 0) is 50.0 Å². The van der Waals surface area contributed by atoms with Crippen LogP contribution in [-0.4, -0.2) is 25.5 Å². The highest BCUT2D eigenvalue weighted by atomic mass is 79.9. The molecule has 1 amide bonds. The number of carbonyl (C=O) groups is 1. The standard InChI is InChI=1S/C13H18BrN3O/c14-10-1-2-11(13(15)18)12(7-10)17-6-4-9-3-5-16-8-9/h1-2,7,9,16-17H,3-6,8H2,(H2,15,18). The fourth-order valence-corrected chi connectivity index (χ4v) is 2.61. The monoisotopic (exact) mass is 311 g/mol. The Morgan fingerprint density at radius 1 is 1.56 bits per heavy atom. The van der Waals surface area contributed by atoms with Gasteiger partial charge in [0.1, 0.15) is 0 Å². The summed E-state index contributed by atoms with van der Waals surface area (Å²) in [6, 6.07) is 5.46. The Labute approximate surface area is 115 Å². The summed E-state index contributed by atoms with van der Waals surface area (Å²) in [5.74, 6) is 0.342. The van der Waals surface area contributed by atoms with Crippen molar-refractivity contribution in [2.75, 3.05) is 25.0 Å². The van der Waals surface area contributed by atoms with Crippen LogP contribution < -0.4 is 16.4 Å². The van der Waals surface area contributed by atoms with Crippen LogP contribution in [0.3, 0.4) is 0 Å². The highest BCUT2D eigenvalue weighted by molar-refractivity contribution is 9.10. The van der Waals surface area contributed by atoms with Crippen molar-refractivity contribution in [3.05, 3.63) is 28.2 Å². The van der Waals surface area contributed by atoms with Gasteiger partial charge in [-0.25, -0.2) is 0 Å². The molecule has 0 aromatic heterocycles. The summed E-state index contributed by atoms with van der Waals surface area (Å²) in [6.07, 6.45) is 2.35. The van der Waals surface area contributed by atoms with Gasteiger partial charge in [0.2, 0.25) is 0 Å². The van der Waals surface area contributed by atoms with E-state index in [9.17, 15) is 4.79 Å². The lowest BCUT2D eigenvalue weighted by atomic mass is 10.0. The second-order valence-corrected chi connectivity index (χ2v) is 5.54. The fraction of sp³-hybridized carbons (Fsp3) is 0.462. The Hall–Kier alpha value is -1.07. The maximum Gasteiger partial charge on any atom is 0.250 e. The minimum atomic E-state index is -0.396. The number of benzene rings is 1. The average molecular weight is 312 g/mol. The third kappa shape index (κ3) is 3.46. The molecule has 1 aliphatic rings. The Kier molecular flexibility index (Phi) is 4.60. The van der Waals surface area contributed by atoms with E-state index >= 15 is 0 Å². The fourth-order valence-electron chi connectivity index (χ4n) is 2.25. The van der Waals surface area contributed by atoms with E-state index in [1.54, 1.807) is 6.07 Å². The quantitative estimate of drug-likeness (QED) is 0.778. The first kappa shape index (κ1) is 13.4. The highest BCUT2D eigenvalue weighted by Gasteiger charge is 2.14. The van der Waals surface area contributed by atoms with Crippen LogP contribution in [0.4, 0.5) is 5.69 Å². The molecule has 0 aliphatic carbocycles. The molecule has 0 bridgehead atoms. The first-order valence-electron chi connectivity index (χ1n) is 6.21. The molecule has 1 saturated heterocycles. The molecule has 1 fully saturated rings. The molecule has 1 atom stereocenters. The summed E-state index contributed by atoms with van der Waals surface area (Å²) < 4.78 is 0.942. The maximum atomic E-state index is 11.3. The lowest BCUT2D eigenvalue weighted by molar-refractivity contribution is 0.100. The van der Waals surface area contributed by atoms with Crippen LogP contribution in [0.1, 0.15) is 23.2 Å². The van der Waals surface area contributed by atoms with Crippen molar-refractivity contribution < 1.29 is 4.79 Å². The van der Waals surface area contributed by atoms with Gasteiger partial charge in [-0.2, -0.15) is 0 Å². The van der Waals surface area contributed by atoms with E-state index in [0.717, 1.165) is 42.1 Å². The predicted octanol–water partition coefficient (Wildman–Crippen LogP) is 1.96. The van der Waals surface area contributed by atoms with Crippen molar-refractivity contribution >= 4 is 27.5 Å². The van der Waals surface area contributed by atoms with Crippen molar-refractivity contribution in [3.8, 4) is 0 Å². The third-order valence-corrected chi connectivity index (χ3v) is 3.77. The number of anilines is 1. The van der Waals surface area contributed by atoms with Crippen LogP contribution in [0.15, 0.2) is 22.7 Å². The number of amides is 1. The molecule has 5 heteroatoms. The van der Waals surface area contributed by atoms with Gasteiger partial charge < -0.3 is 16.4 Å². The van der Waals surface area contributed by atoms with Crippen LogP contribution in [0.2, 0.25) is 0 Å². The van der Waals surface area contributed by atoms with E-state index in [2.05, 4.69) is 26.6 Å². The van der Waals surface area contributed by atoms with Gasteiger partial charge >= 0.3 is 0 Å². The zero-order valence-electron chi connectivity index (χ0n) is 10.2. The maximum absolute atomic E-state index is 11.3. The molecular weight excluding hydrogens is 294 g/mol. The number of carbonyl (C=O) groups excluding carboxylic acids is 1. The number of hydrogen-bond acceptors (Lipinski definition) is 3. The number of nitrogens with one attached hydrogen (secondary N) is 2. The Morgan fingerprint density at radius 2 is 2.39 bits per heavy atom. The van der Waals surface area contributed by atoms with Crippen molar-refractivity contribution in [3.63, 3.8) is 0 Å². The van der Waals surface area contributed by atoms with Gasteiger partial charge in [0.05, 0.1) is 5.56 Å². The lowest BCUT2D eigenvalue weighted by Gasteiger charge is -2.13. The molecule has 1 aromatic carbocycles. The van der Waals surface area contributed by atoms with E-state index < -0.39 is 5.91 Å². The molecule has 98 valence electrons. The number of halogens is 1. The Morgan fingerprint density at radius 3 is 3.06 bits per heavy atom. The van der Waals surface area contributed by atoms with Crippen LogP contribution in [0, 0.1) is 5.92 Å². The smallest absolute Gasteiger partial charge is 0.250 e. The number of nitrogens with two attached hydrogens (primary N) is 1. The van der Waals surface area contributed by atoms with Crippen molar-refractivity contribution in [1.82, 2.24) is 5.32 Å². The van der Waals surface area contributed by atoms with Crippen LogP contribution >= 0.6 is 15.9 Å². The molecule has 0 saturated carbocycles. The molecule has 4 N–H and O–H groups in total. The van der Waals surface area contributed by atoms with Gasteiger partial charge in [0.15, 0.2) is 0 Å². The molecule has 18 heavy (non-hydrogen) atoms. The minimum Gasteiger partial charge on any atom is -0.384 e. The molecular formula is C13H18BrN3O. The summed E-state index contributed by atoms with van der Waals surface area (Å²) in [6.45, 7) is 3.08.